The molecule has 130 valence electrons. The van der Waals surface area contributed by atoms with E-state index in [4.69, 9.17) is 0 Å². The molecule has 3 rings (SSSR count). The smallest absolute Gasteiger partial charge is 0.315 e. The molecule has 3 amide bonds. The molecule has 6 heteroatoms. The van der Waals surface area contributed by atoms with E-state index in [2.05, 4.69) is 16.0 Å². The number of hydrogen-bond donors (Lipinski definition) is 3. The van der Waals surface area contributed by atoms with E-state index in [-0.39, 0.29) is 30.3 Å². The molecule has 1 aliphatic rings. The molecule has 0 spiro atoms. The molecule has 0 aromatic heterocycles. The van der Waals surface area contributed by atoms with Crippen molar-refractivity contribution in [1.29, 1.82) is 0 Å². The van der Waals surface area contributed by atoms with Crippen molar-refractivity contribution in [3.8, 4) is 0 Å². The Morgan fingerprint density at radius 2 is 1.76 bits per heavy atom. The van der Waals surface area contributed by atoms with E-state index in [0.717, 1.165) is 18.4 Å². The van der Waals surface area contributed by atoms with Gasteiger partial charge in [0.05, 0.1) is 12.6 Å². The van der Waals surface area contributed by atoms with Crippen LogP contribution in [0.15, 0.2) is 54.6 Å². The number of hydrogen-bond acceptors (Lipinski definition) is 2. The Kier molecular flexibility index (Phi) is 5.28. The van der Waals surface area contributed by atoms with Crippen LogP contribution in [-0.4, -0.2) is 24.5 Å². The quantitative estimate of drug-likeness (QED) is 0.755. The first kappa shape index (κ1) is 17.0. The molecule has 5 nitrogen and oxygen atoms in total. The lowest BCUT2D eigenvalue weighted by Gasteiger charge is -2.20. The highest BCUT2D eigenvalue weighted by Gasteiger charge is 2.23. The minimum absolute atomic E-state index is 0.142. The topological polar surface area (TPSA) is 70.2 Å². The minimum Gasteiger partial charge on any atom is -0.344 e. The van der Waals surface area contributed by atoms with Gasteiger partial charge in [0.1, 0.15) is 5.82 Å². The summed E-state index contributed by atoms with van der Waals surface area (Å²) in [7, 11) is 0. The van der Waals surface area contributed by atoms with E-state index < -0.39 is 6.04 Å². The number of amides is 3. The van der Waals surface area contributed by atoms with Gasteiger partial charge in [0.15, 0.2) is 0 Å². The van der Waals surface area contributed by atoms with E-state index >= 15 is 0 Å². The maximum Gasteiger partial charge on any atom is 0.315 e. The van der Waals surface area contributed by atoms with Crippen molar-refractivity contribution >= 4 is 11.9 Å². The van der Waals surface area contributed by atoms with Crippen LogP contribution in [0.25, 0.3) is 0 Å². The molecule has 0 heterocycles. The minimum atomic E-state index is -0.488. The zero-order chi connectivity index (χ0) is 17.6. The van der Waals surface area contributed by atoms with Crippen molar-refractivity contribution in [2.45, 2.75) is 24.9 Å². The molecule has 1 atom stereocenters. The molecule has 1 saturated carbocycles. The molecule has 1 fully saturated rings. The highest BCUT2D eigenvalue weighted by Crippen LogP contribution is 2.22. The first-order valence-corrected chi connectivity index (χ1v) is 8.26. The maximum absolute atomic E-state index is 13.6. The summed E-state index contributed by atoms with van der Waals surface area (Å²) in [4.78, 5) is 23.9. The Morgan fingerprint density at radius 1 is 1.04 bits per heavy atom. The molecule has 0 aliphatic heterocycles. The largest absolute Gasteiger partial charge is 0.344 e. The van der Waals surface area contributed by atoms with Gasteiger partial charge in [-0.3, -0.25) is 4.79 Å². The normalized spacial score (nSPS) is 14.4. The number of benzene rings is 2. The van der Waals surface area contributed by atoms with Gasteiger partial charge in [-0.25, -0.2) is 9.18 Å². The van der Waals surface area contributed by atoms with Gasteiger partial charge in [0, 0.05) is 6.04 Å². The van der Waals surface area contributed by atoms with Gasteiger partial charge in [-0.1, -0.05) is 42.5 Å². The number of carbonyl (C=O) groups is 2. The molecule has 0 bridgehead atoms. The van der Waals surface area contributed by atoms with Gasteiger partial charge >= 0.3 is 6.03 Å². The van der Waals surface area contributed by atoms with Gasteiger partial charge in [-0.15, -0.1) is 0 Å². The van der Waals surface area contributed by atoms with Crippen LogP contribution in [0, 0.1) is 5.82 Å². The van der Waals surface area contributed by atoms with Crippen LogP contribution < -0.4 is 16.0 Å². The summed E-state index contributed by atoms with van der Waals surface area (Å²) in [5, 5.41) is 8.14. The van der Waals surface area contributed by atoms with Crippen molar-refractivity contribution in [2.24, 2.45) is 0 Å². The summed E-state index contributed by atoms with van der Waals surface area (Å²) in [6.45, 7) is -0.142. The Hall–Kier alpha value is -2.89. The van der Waals surface area contributed by atoms with Crippen LogP contribution in [0.2, 0.25) is 0 Å². The van der Waals surface area contributed by atoms with E-state index in [1.165, 1.54) is 12.1 Å². The predicted molar refractivity (Wildman–Crippen MR) is 92.4 cm³/mol. The van der Waals surface area contributed by atoms with Crippen LogP contribution in [0.4, 0.5) is 9.18 Å². The second-order valence-corrected chi connectivity index (χ2v) is 6.07. The monoisotopic (exact) mass is 341 g/mol. The number of halogens is 1. The Morgan fingerprint density at radius 3 is 2.44 bits per heavy atom. The van der Waals surface area contributed by atoms with Crippen molar-refractivity contribution in [3.05, 3.63) is 71.5 Å². The molecule has 1 unspecified atom stereocenters. The van der Waals surface area contributed by atoms with Crippen molar-refractivity contribution in [2.75, 3.05) is 6.54 Å². The first-order chi connectivity index (χ1) is 12.1. The summed E-state index contributed by atoms with van der Waals surface area (Å²) >= 11 is 0. The number of rotatable bonds is 6. The molecule has 1 aliphatic carbocycles. The van der Waals surface area contributed by atoms with Crippen molar-refractivity contribution in [1.82, 2.24) is 16.0 Å². The van der Waals surface area contributed by atoms with E-state index in [0.29, 0.717) is 5.56 Å². The van der Waals surface area contributed by atoms with Gasteiger partial charge in [-0.2, -0.15) is 0 Å². The van der Waals surface area contributed by atoms with Gasteiger partial charge in [-0.05, 0) is 36.1 Å². The highest BCUT2D eigenvalue weighted by molar-refractivity contribution is 5.84. The van der Waals surface area contributed by atoms with E-state index in [1.54, 1.807) is 12.1 Å². The average Bonchev–Trinajstić information content (AvgIpc) is 3.42. The number of nitrogens with one attached hydrogen (secondary N) is 3. The fourth-order valence-corrected chi connectivity index (χ4v) is 2.53. The van der Waals surface area contributed by atoms with Crippen molar-refractivity contribution in [3.63, 3.8) is 0 Å². The SMILES string of the molecule is O=C(CNC(=O)NC1CC1)NC(c1ccccc1)c1cccc(F)c1. The molecular formula is C19H20FN3O2. The maximum atomic E-state index is 13.6. The first-order valence-electron chi connectivity index (χ1n) is 8.26. The Balaban J connectivity index is 1.67. The molecule has 0 saturated heterocycles. The van der Waals surface area contributed by atoms with Crippen LogP contribution in [0.1, 0.15) is 30.0 Å². The van der Waals surface area contributed by atoms with Gasteiger partial charge < -0.3 is 16.0 Å². The fourth-order valence-electron chi connectivity index (χ4n) is 2.53. The number of urea groups is 1. The molecule has 25 heavy (non-hydrogen) atoms. The summed E-state index contributed by atoms with van der Waals surface area (Å²) in [5.41, 5.74) is 1.48. The molecule has 2 aromatic rings. The summed E-state index contributed by atoms with van der Waals surface area (Å²) in [6.07, 6.45) is 1.96. The lowest BCUT2D eigenvalue weighted by atomic mass is 9.98. The summed E-state index contributed by atoms with van der Waals surface area (Å²) < 4.78 is 13.6. The predicted octanol–water partition coefficient (Wildman–Crippen LogP) is 2.49. The summed E-state index contributed by atoms with van der Waals surface area (Å²) in [6, 6.07) is 14.8. The molecule has 2 aromatic carbocycles. The lowest BCUT2D eigenvalue weighted by Crippen LogP contribution is -2.43. The van der Waals surface area contributed by atoms with Crippen LogP contribution >= 0.6 is 0 Å². The highest BCUT2D eigenvalue weighted by atomic mass is 19.1. The second-order valence-electron chi connectivity index (χ2n) is 6.07. The Labute approximate surface area is 145 Å². The van der Waals surface area contributed by atoms with Gasteiger partial charge in [0.2, 0.25) is 5.91 Å². The average molecular weight is 341 g/mol. The third-order valence-electron chi connectivity index (χ3n) is 3.94. The Bertz CT molecular complexity index is 747. The fraction of sp³-hybridized carbons (Fsp3) is 0.263. The zero-order valence-electron chi connectivity index (χ0n) is 13.7. The van der Waals surface area contributed by atoms with Crippen LogP contribution in [0.5, 0.6) is 0 Å². The number of carbonyl (C=O) groups excluding carboxylic acids is 2. The van der Waals surface area contributed by atoms with Crippen LogP contribution in [-0.2, 0) is 4.79 Å². The third-order valence-corrected chi connectivity index (χ3v) is 3.94. The van der Waals surface area contributed by atoms with E-state index in [1.807, 2.05) is 30.3 Å². The standard InChI is InChI=1S/C19H20FN3O2/c20-15-8-4-7-14(11-15)18(13-5-2-1-3-6-13)23-17(24)12-21-19(25)22-16-9-10-16/h1-8,11,16,18H,9-10,12H2,(H,23,24)(H2,21,22,25). The lowest BCUT2D eigenvalue weighted by molar-refractivity contribution is -0.120. The summed E-state index contributed by atoms with van der Waals surface area (Å²) in [5.74, 6) is -0.710. The molecular weight excluding hydrogens is 321 g/mol. The van der Waals surface area contributed by atoms with Crippen LogP contribution in [0.3, 0.4) is 0 Å². The zero-order valence-corrected chi connectivity index (χ0v) is 13.7. The molecule has 0 radical (unpaired) electrons. The van der Waals surface area contributed by atoms with Gasteiger partial charge in [0.25, 0.3) is 0 Å². The van der Waals surface area contributed by atoms with E-state index in [9.17, 15) is 14.0 Å². The molecule has 3 N–H and O–H groups in total. The van der Waals surface area contributed by atoms with Crippen molar-refractivity contribution < 1.29 is 14.0 Å². The third kappa shape index (κ3) is 5.04. The second kappa shape index (κ2) is 7.79.